The van der Waals surface area contributed by atoms with Crippen LogP contribution in [0.4, 0.5) is 0 Å². The Balaban J connectivity index is 2.44. The molecule has 1 amide bonds. The van der Waals surface area contributed by atoms with E-state index >= 15 is 0 Å². The van der Waals surface area contributed by atoms with Crippen molar-refractivity contribution >= 4 is 5.91 Å². The first-order valence-electron chi connectivity index (χ1n) is 4.53. The smallest absolute Gasteiger partial charge is 0.252 e. The molecule has 1 unspecified atom stereocenters. The van der Waals surface area contributed by atoms with Crippen LogP contribution in [-0.2, 0) is 0 Å². The van der Waals surface area contributed by atoms with Gasteiger partial charge in [0.15, 0.2) is 0 Å². The summed E-state index contributed by atoms with van der Waals surface area (Å²) in [5, 5.41) is 11.5. The van der Waals surface area contributed by atoms with Crippen molar-refractivity contribution in [3.63, 3.8) is 0 Å². The summed E-state index contributed by atoms with van der Waals surface area (Å²) < 4.78 is 0. The molecule has 4 heteroatoms. The summed E-state index contributed by atoms with van der Waals surface area (Å²) in [6.45, 7) is 2.42. The van der Waals surface area contributed by atoms with Crippen molar-refractivity contribution in [2.24, 2.45) is 5.92 Å². The number of rotatable bonds is 4. The summed E-state index contributed by atoms with van der Waals surface area (Å²) in [6, 6.07) is 3.41. The lowest BCUT2D eigenvalue weighted by molar-refractivity contribution is 0.0942. The van der Waals surface area contributed by atoms with Crippen molar-refractivity contribution in [2.75, 3.05) is 13.2 Å². The number of carbonyl (C=O) groups is 1. The van der Waals surface area contributed by atoms with Gasteiger partial charge in [-0.05, 0) is 18.1 Å². The normalized spacial score (nSPS) is 12.1. The molecule has 14 heavy (non-hydrogen) atoms. The number of hydrogen-bond donors (Lipinski definition) is 2. The van der Waals surface area contributed by atoms with E-state index in [0.717, 1.165) is 0 Å². The average Bonchev–Trinajstić information content (AvgIpc) is 2.26. The molecule has 1 rings (SSSR count). The van der Waals surface area contributed by atoms with E-state index in [2.05, 4.69) is 10.3 Å². The monoisotopic (exact) mass is 194 g/mol. The molecule has 0 aliphatic heterocycles. The van der Waals surface area contributed by atoms with Gasteiger partial charge in [-0.25, -0.2) is 0 Å². The second-order valence-corrected chi connectivity index (χ2v) is 3.24. The Morgan fingerprint density at radius 1 is 1.71 bits per heavy atom. The fourth-order valence-electron chi connectivity index (χ4n) is 0.931. The van der Waals surface area contributed by atoms with Crippen LogP contribution in [0.3, 0.4) is 0 Å². The maximum absolute atomic E-state index is 11.4. The zero-order valence-corrected chi connectivity index (χ0v) is 8.10. The summed E-state index contributed by atoms with van der Waals surface area (Å²) in [6.07, 6.45) is 3.13. The van der Waals surface area contributed by atoms with Crippen molar-refractivity contribution in [1.29, 1.82) is 0 Å². The fraction of sp³-hybridized carbons (Fsp3) is 0.400. The highest BCUT2D eigenvalue weighted by Gasteiger charge is 2.06. The topological polar surface area (TPSA) is 62.2 Å². The molecule has 2 N–H and O–H groups in total. The number of pyridine rings is 1. The summed E-state index contributed by atoms with van der Waals surface area (Å²) >= 11 is 0. The Morgan fingerprint density at radius 3 is 3.07 bits per heavy atom. The largest absolute Gasteiger partial charge is 0.396 e. The Bertz CT molecular complexity index is 287. The molecular weight excluding hydrogens is 180 g/mol. The number of nitrogens with one attached hydrogen (secondary N) is 1. The predicted molar refractivity (Wildman–Crippen MR) is 52.8 cm³/mol. The van der Waals surface area contributed by atoms with Crippen LogP contribution in [0.15, 0.2) is 24.5 Å². The lowest BCUT2D eigenvalue weighted by atomic mass is 10.2. The van der Waals surface area contributed by atoms with E-state index in [-0.39, 0.29) is 18.4 Å². The Hall–Kier alpha value is -1.42. The number of aliphatic hydroxyl groups is 1. The standard InChI is InChI=1S/C10H14N2O2/c1-8(7-13)5-12-10(14)9-3-2-4-11-6-9/h2-4,6,8,13H,5,7H2,1H3,(H,12,14). The van der Waals surface area contributed by atoms with Crippen molar-refractivity contribution in [3.05, 3.63) is 30.1 Å². The zero-order chi connectivity index (χ0) is 10.4. The summed E-state index contributed by atoms with van der Waals surface area (Å²) in [5.74, 6) is -0.0750. The van der Waals surface area contributed by atoms with Crippen LogP contribution in [0, 0.1) is 5.92 Å². The van der Waals surface area contributed by atoms with Gasteiger partial charge in [-0.2, -0.15) is 0 Å². The van der Waals surface area contributed by atoms with E-state index < -0.39 is 0 Å². The molecule has 0 radical (unpaired) electrons. The molecule has 1 aromatic rings. The van der Waals surface area contributed by atoms with Crippen molar-refractivity contribution in [3.8, 4) is 0 Å². The van der Waals surface area contributed by atoms with E-state index in [0.29, 0.717) is 12.1 Å². The van der Waals surface area contributed by atoms with Gasteiger partial charge in [0, 0.05) is 25.5 Å². The molecule has 0 aromatic carbocycles. The van der Waals surface area contributed by atoms with Gasteiger partial charge in [0.25, 0.3) is 5.91 Å². The number of nitrogens with zero attached hydrogens (tertiary/aromatic N) is 1. The number of carbonyl (C=O) groups excluding carboxylic acids is 1. The predicted octanol–water partition coefficient (Wildman–Crippen LogP) is 0.440. The molecule has 1 aromatic heterocycles. The minimum atomic E-state index is -0.154. The Kier molecular flexibility index (Phi) is 4.07. The van der Waals surface area contributed by atoms with Gasteiger partial charge in [-0.15, -0.1) is 0 Å². The van der Waals surface area contributed by atoms with Crippen molar-refractivity contribution in [1.82, 2.24) is 10.3 Å². The second-order valence-electron chi connectivity index (χ2n) is 3.24. The fourth-order valence-corrected chi connectivity index (χ4v) is 0.931. The van der Waals surface area contributed by atoms with Crippen LogP contribution >= 0.6 is 0 Å². The second kappa shape index (κ2) is 5.34. The molecule has 4 nitrogen and oxygen atoms in total. The number of aromatic nitrogens is 1. The van der Waals surface area contributed by atoms with Gasteiger partial charge in [0.05, 0.1) is 5.56 Å². The first-order chi connectivity index (χ1) is 6.74. The third-order valence-corrected chi connectivity index (χ3v) is 1.85. The lowest BCUT2D eigenvalue weighted by Gasteiger charge is -2.08. The summed E-state index contributed by atoms with van der Waals surface area (Å²) in [7, 11) is 0. The van der Waals surface area contributed by atoms with E-state index in [1.54, 1.807) is 18.3 Å². The molecule has 0 bridgehead atoms. The molecule has 0 aliphatic rings. The third kappa shape index (κ3) is 3.14. The molecule has 1 heterocycles. The highest BCUT2D eigenvalue weighted by atomic mass is 16.3. The molecule has 0 spiro atoms. The van der Waals surface area contributed by atoms with Gasteiger partial charge >= 0.3 is 0 Å². The van der Waals surface area contributed by atoms with Crippen LogP contribution < -0.4 is 5.32 Å². The Labute approximate surface area is 83.0 Å². The average molecular weight is 194 g/mol. The molecule has 1 atom stereocenters. The highest BCUT2D eigenvalue weighted by Crippen LogP contribution is 1.96. The van der Waals surface area contributed by atoms with Crippen LogP contribution in [0.5, 0.6) is 0 Å². The van der Waals surface area contributed by atoms with Crippen molar-refractivity contribution in [2.45, 2.75) is 6.92 Å². The zero-order valence-electron chi connectivity index (χ0n) is 8.10. The molecular formula is C10H14N2O2. The SMILES string of the molecule is CC(CO)CNC(=O)c1cccnc1. The van der Waals surface area contributed by atoms with Gasteiger partial charge in [0.2, 0.25) is 0 Å². The summed E-state index contributed by atoms with van der Waals surface area (Å²) in [5.41, 5.74) is 0.539. The highest BCUT2D eigenvalue weighted by molar-refractivity contribution is 5.93. The van der Waals surface area contributed by atoms with Gasteiger partial charge in [-0.3, -0.25) is 9.78 Å². The Morgan fingerprint density at radius 2 is 2.50 bits per heavy atom. The van der Waals surface area contributed by atoms with E-state index in [4.69, 9.17) is 5.11 Å². The third-order valence-electron chi connectivity index (χ3n) is 1.85. The molecule has 0 fully saturated rings. The van der Waals surface area contributed by atoms with E-state index in [1.807, 2.05) is 6.92 Å². The van der Waals surface area contributed by atoms with Crippen LogP contribution in [-0.4, -0.2) is 29.1 Å². The van der Waals surface area contributed by atoms with Crippen LogP contribution in [0.2, 0.25) is 0 Å². The maximum Gasteiger partial charge on any atom is 0.252 e. The first-order valence-corrected chi connectivity index (χ1v) is 4.53. The minimum Gasteiger partial charge on any atom is -0.396 e. The summed E-state index contributed by atoms with van der Waals surface area (Å²) in [4.78, 5) is 15.3. The van der Waals surface area contributed by atoms with E-state index in [1.165, 1.54) is 6.20 Å². The van der Waals surface area contributed by atoms with Gasteiger partial charge < -0.3 is 10.4 Å². The quantitative estimate of drug-likeness (QED) is 0.731. The lowest BCUT2D eigenvalue weighted by Crippen LogP contribution is -2.29. The molecule has 76 valence electrons. The number of aliphatic hydroxyl groups excluding tert-OH is 1. The number of amides is 1. The number of hydrogen-bond acceptors (Lipinski definition) is 3. The molecule has 0 aliphatic carbocycles. The van der Waals surface area contributed by atoms with Crippen LogP contribution in [0.25, 0.3) is 0 Å². The van der Waals surface area contributed by atoms with Crippen LogP contribution in [0.1, 0.15) is 17.3 Å². The van der Waals surface area contributed by atoms with Gasteiger partial charge in [-0.1, -0.05) is 6.92 Å². The van der Waals surface area contributed by atoms with E-state index in [9.17, 15) is 4.79 Å². The molecule has 0 saturated carbocycles. The van der Waals surface area contributed by atoms with Crippen molar-refractivity contribution < 1.29 is 9.90 Å². The minimum absolute atomic E-state index is 0.0767. The first kappa shape index (κ1) is 10.7. The van der Waals surface area contributed by atoms with Gasteiger partial charge in [0.1, 0.15) is 0 Å². The molecule has 0 saturated heterocycles. The maximum atomic E-state index is 11.4.